The van der Waals surface area contributed by atoms with Crippen molar-refractivity contribution in [3.63, 3.8) is 0 Å². The SMILES string of the molecule is O=[N+]([O-])CCCCCCCCO[SH](=O)=O. The average Bonchev–Trinajstić information content (AvgIpc) is 2.14. The van der Waals surface area contributed by atoms with Gasteiger partial charge in [0.25, 0.3) is 11.0 Å². The molecule has 90 valence electrons. The molecule has 0 heterocycles. The Kier molecular flexibility index (Phi) is 9.40. The molecule has 0 aliphatic heterocycles. The standard InChI is InChI=1S/C8H17NO5S/c10-9(11)7-5-3-1-2-4-6-8-14-15(12)13/h15H,1-8H2. The minimum Gasteiger partial charge on any atom is -0.272 e. The molecular weight excluding hydrogens is 222 g/mol. The highest BCUT2D eigenvalue weighted by Crippen LogP contribution is 2.05. The van der Waals surface area contributed by atoms with E-state index in [9.17, 15) is 18.5 Å². The summed E-state index contributed by atoms with van der Waals surface area (Å²) in [5, 5.41) is 9.97. The molecule has 0 rings (SSSR count). The van der Waals surface area contributed by atoms with E-state index in [0.29, 0.717) is 6.42 Å². The molecule has 0 bridgehead atoms. The first-order valence-electron chi connectivity index (χ1n) is 5.02. The maximum Gasteiger partial charge on any atom is 0.257 e. The summed E-state index contributed by atoms with van der Waals surface area (Å²) in [7, 11) is -2.71. The quantitative estimate of drug-likeness (QED) is 0.267. The van der Waals surface area contributed by atoms with Crippen molar-refractivity contribution in [1.82, 2.24) is 0 Å². The van der Waals surface area contributed by atoms with Crippen LogP contribution in [0.2, 0.25) is 0 Å². The third-order valence-electron chi connectivity index (χ3n) is 1.93. The van der Waals surface area contributed by atoms with Crippen molar-refractivity contribution >= 4 is 11.0 Å². The molecule has 0 aromatic carbocycles. The summed E-state index contributed by atoms with van der Waals surface area (Å²) in [5.41, 5.74) is 0. The fourth-order valence-electron chi connectivity index (χ4n) is 1.19. The van der Waals surface area contributed by atoms with Crippen LogP contribution < -0.4 is 0 Å². The lowest BCUT2D eigenvalue weighted by molar-refractivity contribution is -0.480. The van der Waals surface area contributed by atoms with Crippen molar-refractivity contribution in [2.45, 2.75) is 38.5 Å². The number of thiol groups is 1. The van der Waals surface area contributed by atoms with E-state index < -0.39 is 11.0 Å². The van der Waals surface area contributed by atoms with Gasteiger partial charge < -0.3 is 0 Å². The normalized spacial score (nSPS) is 10.7. The van der Waals surface area contributed by atoms with E-state index in [-0.39, 0.29) is 18.1 Å². The van der Waals surface area contributed by atoms with Gasteiger partial charge in [-0.3, -0.25) is 14.3 Å². The largest absolute Gasteiger partial charge is 0.272 e. The number of unbranched alkanes of at least 4 members (excludes halogenated alkanes) is 5. The average molecular weight is 239 g/mol. The van der Waals surface area contributed by atoms with Crippen LogP contribution in [0.15, 0.2) is 0 Å². The summed E-state index contributed by atoms with van der Waals surface area (Å²) in [6, 6.07) is 0. The molecule has 0 aliphatic rings. The summed E-state index contributed by atoms with van der Waals surface area (Å²) >= 11 is 0. The van der Waals surface area contributed by atoms with Gasteiger partial charge in [-0.25, -0.2) is 8.42 Å². The Bertz CT molecular complexity index is 233. The molecule has 0 amide bonds. The predicted octanol–water partition coefficient (Wildman–Crippen LogP) is 1.15. The molecule has 7 heteroatoms. The molecule has 6 nitrogen and oxygen atoms in total. The van der Waals surface area contributed by atoms with Crippen molar-refractivity contribution in [1.29, 1.82) is 0 Å². The van der Waals surface area contributed by atoms with E-state index in [4.69, 9.17) is 0 Å². The van der Waals surface area contributed by atoms with Gasteiger partial charge in [0.05, 0.1) is 6.61 Å². The number of hydrogen-bond acceptors (Lipinski definition) is 5. The zero-order valence-electron chi connectivity index (χ0n) is 8.59. The topological polar surface area (TPSA) is 86.5 Å². The second-order valence-electron chi connectivity index (χ2n) is 3.23. The molecule has 0 saturated carbocycles. The Morgan fingerprint density at radius 3 is 2.07 bits per heavy atom. The van der Waals surface area contributed by atoms with Gasteiger partial charge in [0.15, 0.2) is 0 Å². The molecular formula is C8H17NO5S. The first-order valence-corrected chi connectivity index (χ1v) is 6.11. The number of rotatable bonds is 10. The van der Waals surface area contributed by atoms with Crippen molar-refractivity contribution in [3.8, 4) is 0 Å². The van der Waals surface area contributed by atoms with E-state index in [0.717, 1.165) is 32.1 Å². The Morgan fingerprint density at radius 2 is 1.53 bits per heavy atom. The molecule has 0 aliphatic carbocycles. The minimum absolute atomic E-state index is 0.0414. The molecule has 0 N–H and O–H groups in total. The van der Waals surface area contributed by atoms with Crippen LogP contribution in [0.25, 0.3) is 0 Å². The van der Waals surface area contributed by atoms with Gasteiger partial charge >= 0.3 is 0 Å². The fourth-order valence-corrected chi connectivity index (χ4v) is 1.47. The van der Waals surface area contributed by atoms with Crippen LogP contribution in [-0.4, -0.2) is 26.5 Å². The zero-order chi connectivity index (χ0) is 11.5. The van der Waals surface area contributed by atoms with Gasteiger partial charge in [-0.15, -0.1) is 0 Å². The zero-order valence-corrected chi connectivity index (χ0v) is 9.49. The van der Waals surface area contributed by atoms with E-state index >= 15 is 0 Å². The van der Waals surface area contributed by atoms with Crippen LogP contribution in [0.3, 0.4) is 0 Å². The van der Waals surface area contributed by atoms with Crippen LogP contribution in [-0.2, 0) is 15.2 Å². The van der Waals surface area contributed by atoms with E-state index in [1.165, 1.54) is 0 Å². The van der Waals surface area contributed by atoms with Gasteiger partial charge in [0.2, 0.25) is 6.54 Å². The predicted molar refractivity (Wildman–Crippen MR) is 55.8 cm³/mol. The fraction of sp³-hybridized carbons (Fsp3) is 1.00. The number of hydrogen-bond donors (Lipinski definition) is 1. The molecule has 0 radical (unpaired) electrons. The molecule has 0 saturated heterocycles. The Hall–Kier alpha value is -0.690. The maximum absolute atomic E-state index is 9.99. The second-order valence-corrected chi connectivity index (χ2v) is 3.94. The van der Waals surface area contributed by atoms with Gasteiger partial charge in [0.1, 0.15) is 0 Å². The van der Waals surface area contributed by atoms with Gasteiger partial charge in [-0.05, 0) is 12.8 Å². The molecule has 0 spiro atoms. The van der Waals surface area contributed by atoms with Crippen LogP contribution in [0, 0.1) is 10.1 Å². The van der Waals surface area contributed by atoms with Crippen molar-refractivity contribution in [2.75, 3.05) is 13.2 Å². The van der Waals surface area contributed by atoms with Crippen molar-refractivity contribution in [3.05, 3.63) is 10.1 Å². The van der Waals surface area contributed by atoms with Crippen LogP contribution in [0.5, 0.6) is 0 Å². The van der Waals surface area contributed by atoms with Gasteiger partial charge in [-0.2, -0.15) is 0 Å². The summed E-state index contributed by atoms with van der Waals surface area (Å²) in [6.45, 7) is 0.285. The lowest BCUT2D eigenvalue weighted by Crippen LogP contribution is -1.99. The second kappa shape index (κ2) is 9.85. The molecule has 0 aromatic rings. The Labute approximate surface area is 90.9 Å². The summed E-state index contributed by atoms with van der Waals surface area (Å²) in [5.74, 6) is 0. The molecule has 0 atom stereocenters. The highest BCUT2D eigenvalue weighted by molar-refractivity contribution is 7.67. The van der Waals surface area contributed by atoms with E-state index in [2.05, 4.69) is 4.18 Å². The third kappa shape index (κ3) is 13.3. The highest BCUT2D eigenvalue weighted by atomic mass is 32.2. The Morgan fingerprint density at radius 1 is 1.00 bits per heavy atom. The van der Waals surface area contributed by atoms with Crippen LogP contribution in [0.4, 0.5) is 0 Å². The van der Waals surface area contributed by atoms with Crippen molar-refractivity contribution in [2.24, 2.45) is 0 Å². The first kappa shape index (κ1) is 14.3. The van der Waals surface area contributed by atoms with Crippen molar-refractivity contribution < 1.29 is 17.5 Å². The third-order valence-corrected chi connectivity index (χ3v) is 2.33. The monoisotopic (exact) mass is 239 g/mol. The van der Waals surface area contributed by atoms with E-state index in [1.54, 1.807) is 0 Å². The maximum atomic E-state index is 9.99. The minimum atomic E-state index is -2.71. The van der Waals surface area contributed by atoms with Crippen LogP contribution in [0.1, 0.15) is 38.5 Å². The van der Waals surface area contributed by atoms with E-state index in [1.807, 2.05) is 0 Å². The summed E-state index contributed by atoms with van der Waals surface area (Å²) < 4.78 is 24.3. The molecule has 0 fully saturated rings. The number of nitro groups is 1. The smallest absolute Gasteiger partial charge is 0.257 e. The van der Waals surface area contributed by atoms with Crippen LogP contribution >= 0.6 is 0 Å². The summed E-state index contributed by atoms with van der Waals surface area (Å²) in [6.07, 6.45) is 5.03. The lowest BCUT2D eigenvalue weighted by atomic mass is 10.1. The first-order chi connectivity index (χ1) is 7.13. The highest BCUT2D eigenvalue weighted by Gasteiger charge is 1.96. The number of nitrogens with zero attached hydrogens (tertiary/aromatic N) is 1. The Balaban J connectivity index is 3.02. The van der Waals surface area contributed by atoms with Gasteiger partial charge in [0, 0.05) is 11.3 Å². The summed E-state index contributed by atoms with van der Waals surface area (Å²) in [4.78, 5) is 9.66. The molecule has 0 unspecified atom stereocenters. The molecule has 15 heavy (non-hydrogen) atoms. The lowest BCUT2D eigenvalue weighted by Gasteiger charge is -1.99. The van der Waals surface area contributed by atoms with Gasteiger partial charge in [-0.1, -0.05) is 19.3 Å². The molecule has 0 aromatic heterocycles.